The molecule has 10 heteroatoms. The van der Waals surface area contributed by atoms with Gasteiger partial charge in [-0.1, -0.05) is 34.6 Å². The Kier molecular flexibility index (Phi) is 7.97. The molecule has 0 radical (unpaired) electrons. The van der Waals surface area contributed by atoms with Gasteiger partial charge in [0.15, 0.2) is 12.4 Å². The van der Waals surface area contributed by atoms with E-state index in [1.807, 2.05) is 0 Å². The van der Waals surface area contributed by atoms with E-state index in [9.17, 15) is 30.3 Å². The normalized spacial score (nSPS) is 55.4. The zero-order valence-electron chi connectivity index (χ0n) is 29.6. The highest BCUT2D eigenvalue weighted by molar-refractivity contribution is 5.66. The van der Waals surface area contributed by atoms with Crippen molar-refractivity contribution in [1.29, 1.82) is 0 Å². The van der Waals surface area contributed by atoms with Gasteiger partial charge in [0.2, 0.25) is 0 Å². The number of carbonyl (C=O) groups excluding carboxylic acids is 1. The number of aliphatic hydroxyl groups excluding tert-OH is 4. The predicted molar refractivity (Wildman–Crippen MR) is 171 cm³/mol. The molecule has 5 N–H and O–H groups in total. The maximum absolute atomic E-state index is 12.5. The number of rotatable bonds is 5. The van der Waals surface area contributed by atoms with Crippen molar-refractivity contribution in [3.05, 3.63) is 0 Å². The number of esters is 1. The second kappa shape index (κ2) is 10.8. The first-order valence-corrected chi connectivity index (χ1v) is 18.3. The molecule has 2 spiro atoms. The summed E-state index contributed by atoms with van der Waals surface area (Å²) in [6.07, 6.45) is 0.712. The van der Waals surface area contributed by atoms with Gasteiger partial charge in [-0.3, -0.25) is 4.79 Å². The monoisotopic (exact) mass is 664 g/mol. The van der Waals surface area contributed by atoms with Crippen molar-refractivity contribution in [1.82, 2.24) is 0 Å². The van der Waals surface area contributed by atoms with Crippen LogP contribution in [0.25, 0.3) is 0 Å². The first-order chi connectivity index (χ1) is 21.8. The summed E-state index contributed by atoms with van der Waals surface area (Å²) in [6, 6.07) is 0. The molecule has 47 heavy (non-hydrogen) atoms. The van der Waals surface area contributed by atoms with Crippen LogP contribution in [-0.4, -0.2) is 98.8 Å². The summed E-state index contributed by atoms with van der Waals surface area (Å²) in [5.74, 6) is 0.717. The molecule has 10 nitrogen and oxygen atoms in total. The summed E-state index contributed by atoms with van der Waals surface area (Å²) in [5.41, 5.74) is -1.61. The maximum Gasteiger partial charge on any atom is 0.303 e. The first kappa shape index (κ1) is 34.6. The fourth-order valence-electron chi connectivity index (χ4n) is 13.7. The number of hydrogen-bond donors (Lipinski definition) is 5. The molecule has 2 aliphatic heterocycles. The van der Waals surface area contributed by atoms with Crippen molar-refractivity contribution in [2.75, 3.05) is 6.61 Å². The Morgan fingerprint density at radius 2 is 1.60 bits per heavy atom. The molecule has 7 fully saturated rings. The number of carbonyl (C=O) groups is 1. The number of ether oxygens (including phenoxy) is 4. The van der Waals surface area contributed by atoms with Crippen LogP contribution in [-0.2, 0) is 23.7 Å². The third-order valence-electron chi connectivity index (χ3n) is 15.8. The molecular formula is C37H60O10. The highest BCUT2D eigenvalue weighted by Crippen LogP contribution is 2.89. The summed E-state index contributed by atoms with van der Waals surface area (Å²) in [6.45, 7) is 16.2. The van der Waals surface area contributed by atoms with Gasteiger partial charge in [0, 0.05) is 12.3 Å². The third kappa shape index (κ3) is 4.54. The molecule has 7 rings (SSSR count). The van der Waals surface area contributed by atoms with E-state index in [1.165, 1.54) is 13.3 Å². The molecule has 0 amide bonds. The maximum atomic E-state index is 12.5. The minimum atomic E-state index is -1.30. The van der Waals surface area contributed by atoms with Gasteiger partial charge in [-0.15, -0.1) is 0 Å². The molecule has 17 atom stereocenters. The van der Waals surface area contributed by atoms with Gasteiger partial charge in [0.1, 0.15) is 18.3 Å². The quantitative estimate of drug-likeness (QED) is 0.218. The fraction of sp³-hybridized carbons (Fsp3) is 0.973. The van der Waals surface area contributed by atoms with E-state index >= 15 is 0 Å². The highest BCUT2D eigenvalue weighted by Gasteiger charge is 2.84. The molecule has 268 valence electrons. The second-order valence-corrected chi connectivity index (χ2v) is 18.6. The van der Waals surface area contributed by atoms with Crippen molar-refractivity contribution in [2.45, 2.75) is 167 Å². The Hall–Kier alpha value is -0.850. The van der Waals surface area contributed by atoms with Crippen LogP contribution >= 0.6 is 0 Å². The third-order valence-corrected chi connectivity index (χ3v) is 15.8. The van der Waals surface area contributed by atoms with Gasteiger partial charge in [0.05, 0.1) is 36.6 Å². The first-order valence-electron chi connectivity index (χ1n) is 18.3. The molecule has 2 saturated heterocycles. The zero-order chi connectivity index (χ0) is 34.3. The van der Waals surface area contributed by atoms with Crippen LogP contribution in [0.2, 0.25) is 0 Å². The molecule has 0 aromatic heterocycles. The van der Waals surface area contributed by atoms with Crippen LogP contribution in [0.15, 0.2) is 0 Å². The van der Waals surface area contributed by atoms with Crippen LogP contribution < -0.4 is 0 Å². The lowest BCUT2D eigenvalue weighted by Crippen LogP contribution is -2.61. The SMILES string of the molecule is CC(=O)OC(C1C[C@@H](C)[C@H]2C(O1)C(O)[C@@]1(C)C3CCC4C(C)(C)C(OC5OC[C@@H](O)C(O)[C@H]5O)CCC45CC35CCC21C)C(C)(C)O. The lowest BCUT2D eigenvalue weighted by molar-refractivity contribution is -0.303. The molecule has 0 bridgehead atoms. The number of hydrogen-bond acceptors (Lipinski definition) is 10. The van der Waals surface area contributed by atoms with Gasteiger partial charge >= 0.3 is 5.97 Å². The van der Waals surface area contributed by atoms with Crippen LogP contribution in [0.1, 0.15) is 107 Å². The smallest absolute Gasteiger partial charge is 0.303 e. The summed E-state index contributed by atoms with van der Waals surface area (Å²) in [5, 5.41) is 54.3. The topological polar surface area (TPSA) is 155 Å². The van der Waals surface area contributed by atoms with Crippen molar-refractivity contribution in [2.24, 2.45) is 50.7 Å². The van der Waals surface area contributed by atoms with E-state index < -0.39 is 60.6 Å². The van der Waals surface area contributed by atoms with E-state index in [1.54, 1.807) is 13.8 Å². The van der Waals surface area contributed by atoms with Crippen molar-refractivity contribution in [3.8, 4) is 0 Å². The van der Waals surface area contributed by atoms with Crippen LogP contribution in [0.3, 0.4) is 0 Å². The Morgan fingerprint density at radius 1 is 0.936 bits per heavy atom. The van der Waals surface area contributed by atoms with Gasteiger partial charge in [-0.2, -0.15) is 0 Å². The summed E-state index contributed by atoms with van der Waals surface area (Å²) < 4.78 is 24.6. The Bertz CT molecular complexity index is 1250. The number of fused-ring (bicyclic) bond motifs is 4. The molecule has 5 aliphatic carbocycles. The molecule has 5 saturated carbocycles. The molecule has 12 unspecified atom stereocenters. The summed E-state index contributed by atoms with van der Waals surface area (Å²) in [4.78, 5) is 12.1. The van der Waals surface area contributed by atoms with Gasteiger partial charge in [-0.25, -0.2) is 0 Å². The van der Waals surface area contributed by atoms with Crippen LogP contribution in [0.4, 0.5) is 0 Å². The Labute approximate surface area is 279 Å². The van der Waals surface area contributed by atoms with Crippen molar-refractivity contribution in [3.63, 3.8) is 0 Å². The Balaban J connectivity index is 1.14. The summed E-state index contributed by atoms with van der Waals surface area (Å²) >= 11 is 0. The standard InChI is InChI=1S/C37H60O10/c1-18-15-21(30(33(5,6)43)45-19(2)38)46-28-25(18)34(7)13-14-37-17-36(37)12-11-24(47-31-27(41)26(40)20(39)16-44-31)32(3,4)22(36)9-10-23(37)35(34,8)29(28)42/h18,20-31,39-43H,9-17H2,1-8H3/t18-,20-,21?,22?,23?,24?,25+,26?,27-,28?,29?,30?,31?,34?,35-,36?,37?/m1/s1. The van der Waals surface area contributed by atoms with Gasteiger partial charge < -0.3 is 44.5 Å². The average molecular weight is 665 g/mol. The molecule has 0 aromatic rings. The minimum absolute atomic E-state index is 0.0683. The van der Waals surface area contributed by atoms with Gasteiger partial charge in [0.25, 0.3) is 0 Å². The minimum Gasteiger partial charge on any atom is -0.457 e. The van der Waals surface area contributed by atoms with E-state index in [0.717, 1.165) is 38.5 Å². The van der Waals surface area contributed by atoms with E-state index in [2.05, 4.69) is 34.6 Å². The van der Waals surface area contributed by atoms with E-state index in [-0.39, 0.29) is 51.6 Å². The average Bonchev–Trinajstić information content (AvgIpc) is 3.61. The predicted octanol–water partition coefficient (Wildman–Crippen LogP) is 3.33. The largest absolute Gasteiger partial charge is 0.457 e. The van der Waals surface area contributed by atoms with Crippen LogP contribution in [0.5, 0.6) is 0 Å². The van der Waals surface area contributed by atoms with Crippen LogP contribution in [0, 0.1) is 50.7 Å². The molecular weight excluding hydrogens is 604 g/mol. The Morgan fingerprint density at radius 3 is 2.26 bits per heavy atom. The van der Waals surface area contributed by atoms with Crippen molar-refractivity contribution >= 4 is 5.97 Å². The summed E-state index contributed by atoms with van der Waals surface area (Å²) in [7, 11) is 0. The lowest BCUT2D eigenvalue weighted by Gasteiger charge is -2.64. The van der Waals surface area contributed by atoms with E-state index in [4.69, 9.17) is 18.9 Å². The fourth-order valence-corrected chi connectivity index (χ4v) is 13.7. The van der Waals surface area contributed by atoms with Crippen molar-refractivity contribution < 1.29 is 49.3 Å². The van der Waals surface area contributed by atoms with E-state index in [0.29, 0.717) is 18.3 Å². The molecule has 0 aromatic carbocycles. The lowest BCUT2D eigenvalue weighted by atomic mass is 9.41. The molecule has 7 aliphatic rings. The number of aliphatic hydroxyl groups is 5. The second-order valence-electron chi connectivity index (χ2n) is 18.6. The molecule has 2 heterocycles. The highest BCUT2D eigenvalue weighted by atomic mass is 16.7. The zero-order valence-corrected chi connectivity index (χ0v) is 29.6. The van der Waals surface area contributed by atoms with Gasteiger partial charge in [-0.05, 0) is 111 Å².